The Bertz CT molecular complexity index is 1160. The summed E-state index contributed by atoms with van der Waals surface area (Å²) in [6, 6.07) is 10.2. The molecule has 0 amide bonds. The minimum atomic E-state index is 0.575. The largest absolute Gasteiger partial charge is 0.345 e. The number of aryl methyl sites for hydroxylation is 3. The Hall–Kier alpha value is -3.46. The van der Waals surface area contributed by atoms with Crippen LogP contribution < -0.4 is 0 Å². The minimum absolute atomic E-state index is 0.575. The van der Waals surface area contributed by atoms with E-state index in [2.05, 4.69) is 21.1 Å². The number of H-pyrrole nitrogens is 1. The zero-order valence-corrected chi connectivity index (χ0v) is 14.9. The van der Waals surface area contributed by atoms with Crippen LogP contribution in [0.2, 0.25) is 0 Å². The van der Waals surface area contributed by atoms with Crippen molar-refractivity contribution in [3.05, 3.63) is 64.9 Å². The van der Waals surface area contributed by atoms with Crippen LogP contribution in [-0.4, -0.2) is 24.7 Å². The first-order valence-corrected chi connectivity index (χ1v) is 8.39. The minimum Gasteiger partial charge on any atom is -0.345 e. The molecule has 0 aromatic carbocycles. The lowest BCUT2D eigenvalue weighted by Crippen LogP contribution is -1.99. The van der Waals surface area contributed by atoms with Gasteiger partial charge in [-0.15, -0.1) is 0 Å². The molecule has 6 heteroatoms. The van der Waals surface area contributed by atoms with Gasteiger partial charge in [-0.3, -0.25) is 9.67 Å². The van der Waals surface area contributed by atoms with E-state index in [0.717, 1.165) is 39.3 Å². The summed E-state index contributed by atoms with van der Waals surface area (Å²) < 4.78 is 1.81. The zero-order valence-electron chi connectivity index (χ0n) is 14.9. The van der Waals surface area contributed by atoms with E-state index >= 15 is 0 Å². The molecule has 0 unspecified atom stereocenters. The number of nitrogens with one attached hydrogen (secondary N) is 1. The van der Waals surface area contributed by atoms with Crippen molar-refractivity contribution in [1.82, 2.24) is 24.7 Å². The number of hydrogen-bond acceptors (Lipinski definition) is 4. The van der Waals surface area contributed by atoms with Crippen LogP contribution in [0.15, 0.2) is 36.7 Å². The summed E-state index contributed by atoms with van der Waals surface area (Å²) in [6.07, 6.45) is 4.33. The Morgan fingerprint density at radius 2 is 2.08 bits per heavy atom. The van der Waals surface area contributed by atoms with Crippen molar-refractivity contribution in [2.75, 3.05) is 0 Å². The van der Waals surface area contributed by atoms with Crippen LogP contribution >= 0.6 is 0 Å². The fourth-order valence-corrected chi connectivity index (χ4v) is 3.26. The Kier molecular flexibility index (Phi) is 3.77. The molecule has 128 valence electrons. The number of nitrogens with zero attached hydrogens (tertiary/aromatic N) is 5. The molecule has 1 N–H and O–H groups in total. The fourth-order valence-electron chi connectivity index (χ4n) is 3.26. The molecule has 6 nitrogen and oxygen atoms in total. The molecular formula is C20H18N6. The van der Waals surface area contributed by atoms with Crippen LogP contribution in [0, 0.1) is 25.2 Å². The number of aromatic nitrogens is 5. The summed E-state index contributed by atoms with van der Waals surface area (Å²) in [6.45, 7) is 4.01. The van der Waals surface area contributed by atoms with Crippen molar-refractivity contribution in [2.24, 2.45) is 7.05 Å². The molecule has 0 saturated heterocycles. The Morgan fingerprint density at radius 3 is 2.77 bits per heavy atom. The first-order valence-electron chi connectivity index (χ1n) is 8.39. The zero-order chi connectivity index (χ0) is 18.3. The number of nitriles is 1. The van der Waals surface area contributed by atoms with Gasteiger partial charge in [0, 0.05) is 48.2 Å². The third-order valence-electron chi connectivity index (χ3n) is 4.44. The first-order chi connectivity index (χ1) is 12.5. The number of pyridine rings is 2. The normalized spacial score (nSPS) is 11.0. The summed E-state index contributed by atoms with van der Waals surface area (Å²) in [7, 11) is 1.92. The average Bonchev–Trinajstić information content (AvgIpc) is 3.16. The van der Waals surface area contributed by atoms with E-state index in [-0.39, 0.29) is 0 Å². The van der Waals surface area contributed by atoms with Gasteiger partial charge in [-0.05, 0) is 37.6 Å². The number of rotatable bonds is 3. The Morgan fingerprint density at radius 1 is 1.23 bits per heavy atom. The van der Waals surface area contributed by atoms with Gasteiger partial charge in [0.25, 0.3) is 0 Å². The van der Waals surface area contributed by atoms with Crippen LogP contribution in [0.4, 0.5) is 0 Å². The maximum Gasteiger partial charge on any atom is 0.139 e. The molecule has 0 bridgehead atoms. The van der Waals surface area contributed by atoms with Crippen molar-refractivity contribution in [2.45, 2.75) is 20.3 Å². The molecule has 0 spiro atoms. The highest BCUT2D eigenvalue weighted by atomic mass is 15.2. The lowest BCUT2D eigenvalue weighted by molar-refractivity contribution is 0.747. The summed E-state index contributed by atoms with van der Waals surface area (Å²) in [5.74, 6) is 0. The van der Waals surface area contributed by atoms with Gasteiger partial charge >= 0.3 is 0 Å². The molecular weight excluding hydrogens is 324 g/mol. The molecule has 0 radical (unpaired) electrons. The van der Waals surface area contributed by atoms with Crippen molar-refractivity contribution in [1.29, 1.82) is 5.26 Å². The molecule has 4 aromatic rings. The second-order valence-corrected chi connectivity index (χ2v) is 6.47. The fraction of sp³-hybridized carbons (Fsp3) is 0.200. The molecule has 0 aliphatic heterocycles. The number of fused-ring (bicyclic) bond motifs is 1. The molecule has 0 saturated carbocycles. The van der Waals surface area contributed by atoms with Gasteiger partial charge in [0.05, 0.1) is 17.0 Å². The van der Waals surface area contributed by atoms with E-state index in [9.17, 15) is 5.26 Å². The number of hydrogen-bond donors (Lipinski definition) is 1. The topological polar surface area (TPSA) is 83.2 Å². The van der Waals surface area contributed by atoms with E-state index in [1.54, 1.807) is 6.20 Å². The van der Waals surface area contributed by atoms with Gasteiger partial charge < -0.3 is 4.98 Å². The van der Waals surface area contributed by atoms with Gasteiger partial charge in [-0.1, -0.05) is 6.07 Å². The van der Waals surface area contributed by atoms with E-state index in [4.69, 9.17) is 4.98 Å². The highest BCUT2D eigenvalue weighted by Crippen LogP contribution is 2.30. The SMILES string of the molecule is Cc1cccc(-c2cc(Cc3nn(C)cc3C)nc3[nH]cc(C#N)c23)n1. The quantitative estimate of drug-likeness (QED) is 0.618. The third-order valence-corrected chi connectivity index (χ3v) is 4.44. The predicted octanol–water partition coefficient (Wildman–Crippen LogP) is 3.44. The van der Waals surface area contributed by atoms with Crippen molar-refractivity contribution >= 4 is 11.0 Å². The predicted molar refractivity (Wildman–Crippen MR) is 99.5 cm³/mol. The Balaban J connectivity index is 1.91. The first kappa shape index (κ1) is 16.0. The van der Waals surface area contributed by atoms with E-state index in [1.165, 1.54) is 0 Å². The van der Waals surface area contributed by atoms with Crippen molar-refractivity contribution < 1.29 is 0 Å². The van der Waals surface area contributed by atoms with E-state index in [0.29, 0.717) is 17.6 Å². The lowest BCUT2D eigenvalue weighted by Gasteiger charge is -2.08. The molecule has 4 aromatic heterocycles. The highest BCUT2D eigenvalue weighted by molar-refractivity contribution is 5.96. The Labute approximate surface area is 151 Å². The second-order valence-electron chi connectivity index (χ2n) is 6.47. The van der Waals surface area contributed by atoms with Crippen molar-refractivity contribution in [3.8, 4) is 17.3 Å². The smallest absolute Gasteiger partial charge is 0.139 e. The molecule has 26 heavy (non-hydrogen) atoms. The van der Waals surface area contributed by atoms with Gasteiger partial charge in [-0.25, -0.2) is 4.98 Å². The molecule has 0 atom stereocenters. The van der Waals surface area contributed by atoms with E-state index in [1.807, 2.05) is 56.0 Å². The molecule has 0 fully saturated rings. The molecule has 0 aliphatic rings. The maximum absolute atomic E-state index is 9.46. The standard InChI is InChI=1S/C20H18N6/c1-12-11-26(3)25-18(12)8-15-7-16(17-6-4-5-13(2)23-17)19-14(9-21)10-22-20(19)24-15/h4-7,10-11H,8H2,1-3H3,(H,22,24). The van der Waals surface area contributed by atoms with Gasteiger partial charge in [-0.2, -0.15) is 10.4 Å². The van der Waals surface area contributed by atoms with Crippen LogP contribution in [0.3, 0.4) is 0 Å². The van der Waals surface area contributed by atoms with Crippen molar-refractivity contribution in [3.63, 3.8) is 0 Å². The van der Waals surface area contributed by atoms with Gasteiger partial charge in [0.15, 0.2) is 0 Å². The van der Waals surface area contributed by atoms with Crippen LogP contribution in [0.5, 0.6) is 0 Å². The maximum atomic E-state index is 9.46. The molecule has 4 heterocycles. The third kappa shape index (κ3) is 2.74. The van der Waals surface area contributed by atoms with Gasteiger partial charge in [0.1, 0.15) is 11.7 Å². The monoisotopic (exact) mass is 342 g/mol. The lowest BCUT2D eigenvalue weighted by atomic mass is 10.0. The molecule has 4 rings (SSSR count). The molecule has 0 aliphatic carbocycles. The summed E-state index contributed by atoms with van der Waals surface area (Å²) in [5.41, 5.74) is 6.99. The summed E-state index contributed by atoms with van der Waals surface area (Å²) in [5, 5.41) is 14.8. The van der Waals surface area contributed by atoms with Crippen LogP contribution in [-0.2, 0) is 13.5 Å². The highest BCUT2D eigenvalue weighted by Gasteiger charge is 2.16. The summed E-state index contributed by atoms with van der Waals surface area (Å²) >= 11 is 0. The van der Waals surface area contributed by atoms with Crippen LogP contribution in [0.25, 0.3) is 22.3 Å². The summed E-state index contributed by atoms with van der Waals surface area (Å²) in [4.78, 5) is 12.5. The second kappa shape index (κ2) is 6.12. The average molecular weight is 342 g/mol. The van der Waals surface area contributed by atoms with E-state index < -0.39 is 0 Å². The van der Waals surface area contributed by atoms with Crippen LogP contribution in [0.1, 0.15) is 28.2 Å². The van der Waals surface area contributed by atoms with Gasteiger partial charge in [0.2, 0.25) is 0 Å². The number of aromatic amines is 1.